The number of ether oxygens (including phenoxy) is 2. The molecule has 10 nitrogen and oxygen atoms in total. The van der Waals surface area contributed by atoms with Gasteiger partial charge in [0.1, 0.15) is 29.6 Å². The minimum Gasteiger partial charge on any atom is -0.488 e. The molecule has 1 saturated heterocycles. The number of imidazole rings is 1. The van der Waals surface area contributed by atoms with Gasteiger partial charge in [-0.3, -0.25) is 4.98 Å². The van der Waals surface area contributed by atoms with Gasteiger partial charge >= 0.3 is 6.03 Å². The topological polar surface area (TPSA) is 121 Å². The van der Waals surface area contributed by atoms with Gasteiger partial charge in [-0.1, -0.05) is 11.6 Å². The largest absolute Gasteiger partial charge is 0.488 e. The molecule has 11 heteroatoms. The van der Waals surface area contributed by atoms with Crippen molar-refractivity contribution in [3.8, 4) is 23.0 Å². The quantitative estimate of drug-likeness (QED) is 0.374. The number of halogens is 1. The van der Waals surface area contributed by atoms with Crippen molar-refractivity contribution in [2.24, 2.45) is 5.73 Å². The van der Waals surface area contributed by atoms with Gasteiger partial charge in [-0.15, -0.1) is 0 Å². The molecule has 3 aromatic heterocycles. The number of nitrogens with zero attached hydrogens (tertiary/aromatic N) is 6. The van der Waals surface area contributed by atoms with E-state index < -0.39 is 6.03 Å². The molecule has 2 aliphatic rings. The first kappa shape index (κ1) is 24.4. The number of hydrogen-bond donors (Lipinski definition) is 1. The van der Waals surface area contributed by atoms with Crippen LogP contribution < -0.4 is 15.2 Å². The molecule has 196 valence electrons. The van der Waals surface area contributed by atoms with Crippen molar-refractivity contribution in [2.75, 3.05) is 13.1 Å². The van der Waals surface area contributed by atoms with E-state index in [9.17, 15) is 4.79 Å². The molecule has 4 heterocycles. The summed E-state index contributed by atoms with van der Waals surface area (Å²) in [5, 5.41) is 0.477. The standard InChI is InChI=1S/C27H28ClN7O3/c1-16-5-9-30-17(11-16)13-35-23(33-22-24(35)31-15-32-25(22)38-27(2)7-8-27)20-4-3-18(12-21(20)28)37-19-6-10-34(14-19)26(29)36/h3-5,9,11-12,15,19H,6-8,10,13-14H2,1-2H3,(H2,29,36)/t19-/m1/s1. The van der Waals surface area contributed by atoms with Crippen molar-refractivity contribution in [1.29, 1.82) is 0 Å². The second-order valence-electron chi connectivity index (χ2n) is 10.2. The number of hydrogen-bond acceptors (Lipinski definition) is 7. The highest BCUT2D eigenvalue weighted by atomic mass is 35.5. The Hall–Kier alpha value is -3.92. The summed E-state index contributed by atoms with van der Waals surface area (Å²) >= 11 is 6.81. The highest BCUT2D eigenvalue weighted by molar-refractivity contribution is 6.33. The van der Waals surface area contributed by atoms with Crippen LogP contribution in [0.15, 0.2) is 42.9 Å². The SMILES string of the molecule is Cc1ccnc(Cn2c(-c3ccc(O[C@@H]4CCN(C(N)=O)C4)cc3Cl)nc3c(OC4(C)CC4)ncnc32)c1. The Kier molecular flexibility index (Phi) is 6.06. The number of carbonyl (C=O) groups is 1. The van der Waals surface area contributed by atoms with Crippen LogP contribution in [0, 0.1) is 6.92 Å². The third-order valence-corrected chi connectivity index (χ3v) is 7.34. The number of rotatable bonds is 7. The first-order valence-corrected chi connectivity index (χ1v) is 13.0. The molecule has 1 atom stereocenters. The lowest BCUT2D eigenvalue weighted by atomic mass is 10.2. The average Bonchev–Trinajstić information content (AvgIpc) is 3.25. The Morgan fingerprint density at radius 1 is 1.21 bits per heavy atom. The van der Waals surface area contributed by atoms with Crippen LogP contribution in [0.25, 0.3) is 22.6 Å². The molecular weight excluding hydrogens is 506 g/mol. The Labute approximate surface area is 224 Å². The lowest BCUT2D eigenvalue weighted by Crippen LogP contribution is -2.35. The van der Waals surface area contributed by atoms with Gasteiger partial charge in [0, 0.05) is 24.7 Å². The van der Waals surface area contributed by atoms with Crippen molar-refractivity contribution in [3.63, 3.8) is 0 Å². The zero-order valence-corrected chi connectivity index (χ0v) is 22.0. The number of amides is 2. The predicted octanol–water partition coefficient (Wildman–Crippen LogP) is 4.36. The number of nitrogens with two attached hydrogens (primary N) is 1. The van der Waals surface area contributed by atoms with Crippen molar-refractivity contribution < 1.29 is 14.3 Å². The van der Waals surface area contributed by atoms with Crippen LogP contribution in [0.1, 0.15) is 37.4 Å². The zero-order valence-electron chi connectivity index (χ0n) is 21.2. The summed E-state index contributed by atoms with van der Waals surface area (Å²) in [6.07, 6.45) is 5.82. The van der Waals surface area contributed by atoms with Crippen molar-refractivity contribution >= 4 is 28.8 Å². The molecule has 0 radical (unpaired) electrons. The minimum absolute atomic E-state index is 0.139. The van der Waals surface area contributed by atoms with E-state index in [0.29, 0.717) is 59.7 Å². The molecule has 6 rings (SSSR count). The van der Waals surface area contributed by atoms with Crippen molar-refractivity contribution in [1.82, 2.24) is 29.4 Å². The molecule has 1 aliphatic heterocycles. The normalized spacial score (nSPS) is 18.1. The summed E-state index contributed by atoms with van der Waals surface area (Å²) in [6, 6.07) is 9.08. The van der Waals surface area contributed by atoms with Crippen LogP contribution in [0.4, 0.5) is 4.79 Å². The minimum atomic E-state index is -0.436. The molecule has 1 aliphatic carbocycles. The van der Waals surface area contributed by atoms with Crippen LogP contribution in [-0.4, -0.2) is 60.2 Å². The fourth-order valence-electron chi connectivity index (χ4n) is 4.67. The lowest BCUT2D eigenvalue weighted by molar-refractivity contribution is 0.192. The van der Waals surface area contributed by atoms with Gasteiger partial charge in [0.15, 0.2) is 11.2 Å². The van der Waals surface area contributed by atoms with E-state index in [2.05, 4.69) is 21.9 Å². The van der Waals surface area contributed by atoms with Crippen LogP contribution in [0.3, 0.4) is 0 Å². The lowest BCUT2D eigenvalue weighted by Gasteiger charge is -2.16. The van der Waals surface area contributed by atoms with Crippen molar-refractivity contribution in [2.45, 2.75) is 51.4 Å². The van der Waals surface area contributed by atoms with Gasteiger partial charge in [0.05, 0.1) is 23.8 Å². The molecule has 4 aromatic rings. The van der Waals surface area contributed by atoms with E-state index in [4.69, 9.17) is 31.8 Å². The maximum absolute atomic E-state index is 11.5. The molecule has 0 unspecified atom stereocenters. The van der Waals surface area contributed by atoms with Crippen LogP contribution >= 0.6 is 11.6 Å². The van der Waals surface area contributed by atoms with E-state index in [1.54, 1.807) is 17.2 Å². The summed E-state index contributed by atoms with van der Waals surface area (Å²) in [4.78, 5) is 31.5. The highest BCUT2D eigenvalue weighted by Crippen LogP contribution is 2.41. The Morgan fingerprint density at radius 2 is 2.05 bits per heavy atom. The summed E-state index contributed by atoms with van der Waals surface area (Å²) < 4.78 is 14.3. The van der Waals surface area contributed by atoms with Gasteiger partial charge in [0.2, 0.25) is 5.88 Å². The predicted molar refractivity (Wildman–Crippen MR) is 142 cm³/mol. The Balaban J connectivity index is 1.38. The summed E-state index contributed by atoms with van der Waals surface area (Å²) in [6.45, 7) is 5.58. The Morgan fingerprint density at radius 3 is 2.76 bits per heavy atom. The number of aromatic nitrogens is 5. The second kappa shape index (κ2) is 9.43. The first-order chi connectivity index (χ1) is 18.3. The third kappa shape index (κ3) is 4.83. The number of carbonyl (C=O) groups excluding carboxylic acids is 1. The van der Waals surface area contributed by atoms with Crippen LogP contribution in [0.5, 0.6) is 11.6 Å². The van der Waals surface area contributed by atoms with E-state index in [1.807, 2.05) is 35.8 Å². The number of likely N-dealkylation sites (tertiary alicyclic amines) is 1. The number of urea groups is 1. The van der Waals surface area contributed by atoms with Crippen LogP contribution in [0.2, 0.25) is 5.02 Å². The number of fused-ring (bicyclic) bond motifs is 1. The number of pyridine rings is 1. The van der Waals surface area contributed by atoms with Crippen LogP contribution in [-0.2, 0) is 6.54 Å². The zero-order chi connectivity index (χ0) is 26.4. The Bertz CT molecular complexity index is 1530. The van der Waals surface area contributed by atoms with Crippen molar-refractivity contribution in [3.05, 3.63) is 59.1 Å². The monoisotopic (exact) mass is 533 g/mol. The van der Waals surface area contributed by atoms with E-state index in [-0.39, 0.29) is 11.7 Å². The maximum Gasteiger partial charge on any atom is 0.314 e. The van der Waals surface area contributed by atoms with Gasteiger partial charge in [0.25, 0.3) is 0 Å². The molecule has 0 bridgehead atoms. The molecule has 38 heavy (non-hydrogen) atoms. The highest BCUT2D eigenvalue weighted by Gasteiger charge is 2.41. The number of benzene rings is 1. The molecule has 2 fully saturated rings. The second-order valence-corrected chi connectivity index (χ2v) is 10.6. The maximum atomic E-state index is 11.5. The number of aryl methyl sites for hydroxylation is 1. The molecule has 0 spiro atoms. The molecule has 1 saturated carbocycles. The molecule has 2 amide bonds. The average molecular weight is 534 g/mol. The summed E-state index contributed by atoms with van der Waals surface area (Å²) in [5.41, 5.74) is 9.11. The summed E-state index contributed by atoms with van der Waals surface area (Å²) in [5.74, 6) is 1.71. The van der Waals surface area contributed by atoms with E-state index in [0.717, 1.165) is 29.7 Å². The van der Waals surface area contributed by atoms with Gasteiger partial charge in [-0.2, -0.15) is 4.98 Å². The summed E-state index contributed by atoms with van der Waals surface area (Å²) in [7, 11) is 0. The van der Waals surface area contributed by atoms with Gasteiger partial charge < -0.3 is 24.7 Å². The fraction of sp³-hybridized carbons (Fsp3) is 0.370. The third-order valence-electron chi connectivity index (χ3n) is 7.03. The number of primary amides is 1. The van der Waals surface area contributed by atoms with E-state index in [1.165, 1.54) is 6.33 Å². The van der Waals surface area contributed by atoms with E-state index >= 15 is 0 Å². The molecular formula is C27H28ClN7O3. The van der Waals surface area contributed by atoms with Gasteiger partial charge in [-0.05, 0) is 62.6 Å². The first-order valence-electron chi connectivity index (χ1n) is 12.6. The smallest absolute Gasteiger partial charge is 0.314 e. The molecule has 2 N–H and O–H groups in total. The van der Waals surface area contributed by atoms with Gasteiger partial charge in [-0.25, -0.2) is 14.8 Å². The fourth-order valence-corrected chi connectivity index (χ4v) is 4.93. The molecule has 1 aromatic carbocycles.